The maximum absolute atomic E-state index is 13.2. The van der Waals surface area contributed by atoms with Crippen molar-refractivity contribution < 1.29 is 27.4 Å². The summed E-state index contributed by atoms with van der Waals surface area (Å²) in [4.78, 5) is 12.0. The van der Waals surface area contributed by atoms with Gasteiger partial charge in [0.1, 0.15) is 24.8 Å². The van der Waals surface area contributed by atoms with E-state index in [0.717, 1.165) is 28.4 Å². The van der Waals surface area contributed by atoms with Gasteiger partial charge < -0.3 is 15.2 Å². The number of hydrogen-bond acceptors (Lipinski definition) is 6. The van der Waals surface area contributed by atoms with Crippen LogP contribution in [0.25, 0.3) is 16.6 Å². The Kier molecular flexibility index (Phi) is 7.13. The number of carbonyl (C=O) groups excluding carboxylic acids is 1. The van der Waals surface area contributed by atoms with Crippen molar-refractivity contribution in [2.24, 2.45) is 0 Å². The van der Waals surface area contributed by atoms with Crippen LogP contribution < -0.4 is 10.1 Å². The molecule has 1 atom stereocenters. The van der Waals surface area contributed by atoms with E-state index in [4.69, 9.17) is 9.84 Å². The highest BCUT2D eigenvalue weighted by Crippen LogP contribution is 2.24. The summed E-state index contributed by atoms with van der Waals surface area (Å²) < 4.78 is 44.2. The van der Waals surface area contributed by atoms with E-state index in [0.29, 0.717) is 12.2 Å². The Morgan fingerprint density at radius 3 is 2.49 bits per heavy atom. The average molecular weight is 498 g/mol. The number of halogens is 1. The summed E-state index contributed by atoms with van der Waals surface area (Å²) >= 11 is 0. The molecule has 1 heterocycles. The van der Waals surface area contributed by atoms with Crippen LogP contribution in [-0.2, 0) is 21.1 Å². The lowest BCUT2D eigenvalue weighted by molar-refractivity contribution is -0.124. The van der Waals surface area contributed by atoms with E-state index < -0.39 is 28.4 Å². The number of hydrogen-bond donors (Lipinski definition) is 2. The van der Waals surface area contributed by atoms with Crippen LogP contribution in [0.5, 0.6) is 5.75 Å². The highest BCUT2D eigenvalue weighted by atomic mass is 32.2. The molecule has 182 valence electrons. The first-order valence-corrected chi connectivity index (χ1v) is 12.7. The van der Waals surface area contributed by atoms with Crippen molar-refractivity contribution >= 4 is 26.6 Å². The molecule has 0 aliphatic rings. The number of benzene rings is 3. The minimum absolute atomic E-state index is 0.122. The molecule has 4 rings (SSSR count). The molecule has 0 saturated carbocycles. The fraction of sp³-hybridized carbons (Fsp3) is 0.200. The normalized spacial score (nSPS) is 12.4. The Bertz CT molecular complexity index is 1430. The number of aliphatic hydroxyl groups is 1. The van der Waals surface area contributed by atoms with Crippen LogP contribution in [0.2, 0.25) is 0 Å². The molecule has 0 bridgehead atoms. The third-order valence-corrected chi connectivity index (χ3v) is 6.53. The van der Waals surface area contributed by atoms with E-state index in [1.807, 2.05) is 12.1 Å². The summed E-state index contributed by atoms with van der Waals surface area (Å²) in [7, 11) is -3.30. The van der Waals surface area contributed by atoms with Gasteiger partial charge in [-0.1, -0.05) is 12.1 Å². The predicted molar refractivity (Wildman–Crippen MR) is 129 cm³/mol. The van der Waals surface area contributed by atoms with Gasteiger partial charge in [-0.25, -0.2) is 17.5 Å². The standard InChI is InChI=1S/C25H24FN3O5S/c1-35(32,33)23-9-2-17(3-10-23)12-20(28-25(31)15-30)16-34-22-8-11-24-18(13-22)14-27-29(24)21-6-4-19(26)5-7-21/h2-11,13-14,20,30H,12,15-16H2,1H3,(H,28,31)/t20-/m0/s1. The molecule has 8 nitrogen and oxygen atoms in total. The molecule has 1 aromatic heterocycles. The van der Waals surface area contributed by atoms with Crippen LogP contribution in [0, 0.1) is 5.82 Å². The van der Waals surface area contributed by atoms with E-state index in [1.165, 1.54) is 24.3 Å². The van der Waals surface area contributed by atoms with Crippen molar-refractivity contribution in [1.82, 2.24) is 15.1 Å². The predicted octanol–water partition coefficient (Wildman–Crippen LogP) is 2.67. The topological polar surface area (TPSA) is 111 Å². The van der Waals surface area contributed by atoms with Crippen LogP contribution >= 0.6 is 0 Å². The highest BCUT2D eigenvalue weighted by Gasteiger charge is 2.15. The van der Waals surface area contributed by atoms with Gasteiger partial charge in [-0.2, -0.15) is 5.10 Å². The van der Waals surface area contributed by atoms with E-state index in [2.05, 4.69) is 10.4 Å². The molecule has 0 radical (unpaired) electrons. The number of carbonyl (C=O) groups is 1. The van der Waals surface area contributed by atoms with E-state index in [1.54, 1.807) is 41.2 Å². The number of aromatic nitrogens is 2. The van der Waals surface area contributed by atoms with Gasteiger partial charge in [0.15, 0.2) is 9.84 Å². The second kappa shape index (κ2) is 10.2. The minimum atomic E-state index is -3.30. The van der Waals surface area contributed by atoms with Gasteiger partial charge in [0, 0.05) is 11.6 Å². The largest absolute Gasteiger partial charge is 0.491 e. The molecule has 0 aliphatic carbocycles. The SMILES string of the molecule is CS(=O)(=O)c1ccc(C[C@@H](COc2ccc3c(cnn3-c3ccc(F)cc3)c2)NC(=O)CO)cc1. The Hall–Kier alpha value is -3.76. The molecule has 0 spiro atoms. The number of nitrogens with zero attached hydrogens (tertiary/aromatic N) is 2. The zero-order chi connectivity index (χ0) is 25.0. The summed E-state index contributed by atoms with van der Waals surface area (Å²) in [5.41, 5.74) is 2.35. The number of amides is 1. The minimum Gasteiger partial charge on any atom is -0.491 e. The van der Waals surface area contributed by atoms with Gasteiger partial charge in [0.2, 0.25) is 5.91 Å². The molecule has 1 amide bonds. The number of rotatable bonds is 9. The van der Waals surface area contributed by atoms with E-state index in [9.17, 15) is 17.6 Å². The quantitative estimate of drug-likeness (QED) is 0.368. The smallest absolute Gasteiger partial charge is 0.246 e. The van der Waals surface area contributed by atoms with Gasteiger partial charge in [-0.05, 0) is 66.6 Å². The zero-order valence-electron chi connectivity index (χ0n) is 18.9. The lowest BCUT2D eigenvalue weighted by Gasteiger charge is -2.19. The third-order valence-electron chi connectivity index (χ3n) is 5.40. The third kappa shape index (κ3) is 6.03. The number of ether oxygens (including phenoxy) is 1. The van der Waals surface area contributed by atoms with Crippen molar-refractivity contribution in [3.8, 4) is 11.4 Å². The first-order chi connectivity index (χ1) is 16.7. The van der Waals surface area contributed by atoms with Gasteiger partial charge in [-0.3, -0.25) is 4.79 Å². The van der Waals surface area contributed by atoms with Crippen molar-refractivity contribution in [3.05, 3.63) is 84.3 Å². The van der Waals surface area contributed by atoms with Crippen LogP contribution in [0.1, 0.15) is 5.56 Å². The van der Waals surface area contributed by atoms with Crippen molar-refractivity contribution in [2.75, 3.05) is 19.5 Å². The molecular formula is C25H24FN3O5S. The Balaban J connectivity index is 1.48. The van der Waals surface area contributed by atoms with Crippen molar-refractivity contribution in [1.29, 1.82) is 0 Å². The van der Waals surface area contributed by atoms with Gasteiger partial charge in [0.25, 0.3) is 0 Å². The number of nitrogens with one attached hydrogen (secondary N) is 1. The summed E-state index contributed by atoms with van der Waals surface area (Å²) in [5, 5.41) is 17.1. The molecule has 0 fully saturated rings. The number of fused-ring (bicyclic) bond motifs is 1. The average Bonchev–Trinajstić information content (AvgIpc) is 3.26. The molecule has 10 heteroatoms. The Morgan fingerprint density at radius 2 is 1.83 bits per heavy atom. The van der Waals surface area contributed by atoms with Crippen LogP contribution in [0.3, 0.4) is 0 Å². The van der Waals surface area contributed by atoms with Gasteiger partial charge >= 0.3 is 0 Å². The van der Waals surface area contributed by atoms with Gasteiger partial charge in [-0.15, -0.1) is 0 Å². The van der Waals surface area contributed by atoms with E-state index in [-0.39, 0.29) is 17.3 Å². The van der Waals surface area contributed by atoms with Crippen LogP contribution in [0.4, 0.5) is 4.39 Å². The summed E-state index contributed by atoms with van der Waals surface area (Å²) in [6.07, 6.45) is 3.20. The Labute approximate surface area is 201 Å². The summed E-state index contributed by atoms with van der Waals surface area (Å²) in [5.74, 6) is -0.302. The lowest BCUT2D eigenvalue weighted by Crippen LogP contribution is -2.42. The maximum Gasteiger partial charge on any atom is 0.246 e. The molecule has 0 saturated heterocycles. The fourth-order valence-corrected chi connectivity index (χ4v) is 4.30. The summed E-state index contributed by atoms with van der Waals surface area (Å²) in [6, 6.07) is 17.4. The monoisotopic (exact) mass is 497 g/mol. The molecule has 3 aromatic carbocycles. The summed E-state index contributed by atoms with van der Waals surface area (Å²) in [6.45, 7) is -0.533. The zero-order valence-corrected chi connectivity index (χ0v) is 19.7. The molecule has 2 N–H and O–H groups in total. The van der Waals surface area contributed by atoms with Gasteiger partial charge in [0.05, 0.1) is 28.3 Å². The number of sulfone groups is 1. The lowest BCUT2D eigenvalue weighted by atomic mass is 10.1. The second-order valence-electron chi connectivity index (χ2n) is 8.11. The van der Waals surface area contributed by atoms with E-state index >= 15 is 0 Å². The maximum atomic E-state index is 13.2. The van der Waals surface area contributed by atoms with Crippen molar-refractivity contribution in [3.63, 3.8) is 0 Å². The molecule has 0 aliphatic heterocycles. The molecule has 0 unspecified atom stereocenters. The van der Waals surface area contributed by atoms with Crippen LogP contribution in [0.15, 0.2) is 77.8 Å². The Morgan fingerprint density at radius 1 is 1.11 bits per heavy atom. The second-order valence-corrected chi connectivity index (χ2v) is 10.1. The first-order valence-electron chi connectivity index (χ1n) is 10.8. The highest BCUT2D eigenvalue weighted by molar-refractivity contribution is 7.90. The number of aliphatic hydroxyl groups excluding tert-OH is 1. The fourth-order valence-electron chi connectivity index (χ4n) is 3.67. The molecule has 35 heavy (non-hydrogen) atoms. The molecule has 4 aromatic rings. The van der Waals surface area contributed by atoms with Crippen molar-refractivity contribution in [2.45, 2.75) is 17.4 Å². The first kappa shape index (κ1) is 24.4. The van der Waals surface area contributed by atoms with Crippen LogP contribution in [-0.4, -0.2) is 54.7 Å². The molecular weight excluding hydrogens is 473 g/mol.